The zero-order chi connectivity index (χ0) is 24.2. The summed E-state index contributed by atoms with van der Waals surface area (Å²) < 4.78 is 8.49. The van der Waals surface area contributed by atoms with Crippen molar-refractivity contribution in [2.24, 2.45) is 0 Å². The Labute approximate surface area is 200 Å². The first kappa shape index (κ1) is 23.5. The van der Waals surface area contributed by atoms with Gasteiger partial charge in [0, 0.05) is 22.6 Å². The van der Waals surface area contributed by atoms with Gasteiger partial charge in [0.25, 0.3) is 12.0 Å². The number of rotatable bonds is 3. The fraction of sp³-hybridized carbons (Fsp3) is 0.280. The van der Waals surface area contributed by atoms with Crippen LogP contribution < -0.4 is 16.0 Å². The Morgan fingerprint density at radius 2 is 1.79 bits per heavy atom. The van der Waals surface area contributed by atoms with Gasteiger partial charge in [0.15, 0.2) is 0 Å². The lowest BCUT2D eigenvalue weighted by Gasteiger charge is -2.25. The number of para-hydroxylation sites is 1. The van der Waals surface area contributed by atoms with Gasteiger partial charge in [0.2, 0.25) is 0 Å². The lowest BCUT2D eigenvalue weighted by molar-refractivity contribution is -0.122. The molecule has 0 amide bonds. The summed E-state index contributed by atoms with van der Waals surface area (Å²) in [5.41, 5.74) is 1.10. The highest BCUT2D eigenvalue weighted by molar-refractivity contribution is 6.30. The quantitative estimate of drug-likeness (QED) is 0.339. The number of hydrogen-bond acceptors (Lipinski definition) is 5. The van der Waals surface area contributed by atoms with Crippen LogP contribution in [0.4, 0.5) is 0 Å². The van der Waals surface area contributed by atoms with Crippen LogP contribution in [-0.4, -0.2) is 32.8 Å². The van der Waals surface area contributed by atoms with Crippen molar-refractivity contribution in [2.45, 2.75) is 38.1 Å². The number of carboxylic acid groups (broad SMARTS) is 1. The van der Waals surface area contributed by atoms with Gasteiger partial charge in [-0.1, -0.05) is 49.1 Å². The van der Waals surface area contributed by atoms with Crippen molar-refractivity contribution in [3.63, 3.8) is 0 Å². The predicted octanol–water partition coefficient (Wildman–Crippen LogP) is 4.57. The number of nitrogens with zero attached hydrogens (tertiary/aromatic N) is 3. The molecule has 5 rings (SSSR count). The Morgan fingerprint density at radius 3 is 2.47 bits per heavy atom. The largest absolute Gasteiger partial charge is 0.494 e. The summed E-state index contributed by atoms with van der Waals surface area (Å²) in [5, 5.41) is 8.50. The van der Waals surface area contributed by atoms with E-state index in [0.29, 0.717) is 38.3 Å². The molecule has 1 N–H and O–H groups in total. The molecular weight excluding hydrogens is 458 g/mol. The third-order valence-electron chi connectivity index (χ3n) is 6.13. The molecule has 1 saturated carbocycles. The molecule has 0 radical (unpaired) electrons. The van der Waals surface area contributed by atoms with Gasteiger partial charge < -0.3 is 9.84 Å². The molecule has 176 valence electrons. The highest BCUT2D eigenvalue weighted by Gasteiger charge is 2.24. The topological polar surface area (TPSA) is 103 Å². The minimum Gasteiger partial charge on any atom is -0.494 e. The molecular formula is C25H24ClN3O5. The number of benzene rings is 2. The van der Waals surface area contributed by atoms with Gasteiger partial charge >= 0.3 is 5.69 Å². The summed E-state index contributed by atoms with van der Waals surface area (Å²) in [4.78, 5) is 40.3. The third kappa shape index (κ3) is 4.17. The number of ether oxygens (including phenoxy) is 1. The van der Waals surface area contributed by atoms with E-state index < -0.39 is 0 Å². The highest BCUT2D eigenvalue weighted by atomic mass is 35.5. The zero-order valence-corrected chi connectivity index (χ0v) is 19.4. The first-order valence-electron chi connectivity index (χ1n) is 11.0. The first-order valence-corrected chi connectivity index (χ1v) is 11.4. The van der Waals surface area contributed by atoms with Gasteiger partial charge in [-0.2, -0.15) is 0 Å². The molecule has 2 heterocycles. The van der Waals surface area contributed by atoms with Crippen LogP contribution in [0.15, 0.2) is 58.3 Å². The Kier molecular flexibility index (Phi) is 6.98. The van der Waals surface area contributed by atoms with Crippen molar-refractivity contribution in [2.75, 3.05) is 7.11 Å². The Hall–Kier alpha value is -3.65. The van der Waals surface area contributed by atoms with Crippen LogP contribution in [0.5, 0.6) is 5.75 Å². The molecule has 0 aliphatic heterocycles. The molecule has 0 atom stereocenters. The van der Waals surface area contributed by atoms with Gasteiger partial charge in [0.1, 0.15) is 11.3 Å². The maximum Gasteiger partial charge on any atom is 0.336 e. The van der Waals surface area contributed by atoms with Crippen molar-refractivity contribution in [1.29, 1.82) is 0 Å². The summed E-state index contributed by atoms with van der Waals surface area (Å²) in [6, 6.07) is 12.5. The fourth-order valence-corrected chi connectivity index (χ4v) is 4.86. The van der Waals surface area contributed by atoms with E-state index >= 15 is 0 Å². The van der Waals surface area contributed by atoms with Crippen molar-refractivity contribution in [3.05, 3.63) is 74.5 Å². The summed E-state index contributed by atoms with van der Waals surface area (Å²) in [6.45, 7) is -0.250. The Balaban J connectivity index is 0.000000868. The van der Waals surface area contributed by atoms with Gasteiger partial charge in [-0.15, -0.1) is 0 Å². The van der Waals surface area contributed by atoms with E-state index in [1.165, 1.54) is 4.57 Å². The molecule has 1 aliphatic carbocycles. The molecule has 0 spiro atoms. The SMILES string of the molecule is COc1cccc2c1ncc1c(=O)n(C3CCCCC3)c(=O)n(-c3cccc(Cl)c3)c12.O=CO. The molecule has 8 nitrogen and oxygen atoms in total. The summed E-state index contributed by atoms with van der Waals surface area (Å²) in [5.74, 6) is 0.584. The summed E-state index contributed by atoms with van der Waals surface area (Å²) >= 11 is 6.27. The molecule has 1 fully saturated rings. The van der Waals surface area contributed by atoms with Crippen LogP contribution in [0, 0.1) is 0 Å². The number of hydrogen-bond donors (Lipinski definition) is 1. The van der Waals surface area contributed by atoms with E-state index in [4.69, 9.17) is 26.2 Å². The van der Waals surface area contributed by atoms with E-state index in [2.05, 4.69) is 4.98 Å². The second-order valence-corrected chi connectivity index (χ2v) is 8.48. The average molecular weight is 482 g/mol. The van der Waals surface area contributed by atoms with Crippen LogP contribution in [0.2, 0.25) is 5.02 Å². The Morgan fingerprint density at radius 1 is 1.09 bits per heavy atom. The molecule has 4 aromatic rings. The van der Waals surface area contributed by atoms with Gasteiger partial charge in [0.05, 0.1) is 23.7 Å². The van der Waals surface area contributed by atoms with Gasteiger partial charge in [-0.3, -0.25) is 23.7 Å². The van der Waals surface area contributed by atoms with E-state index in [9.17, 15) is 9.59 Å². The molecule has 0 saturated heterocycles. The van der Waals surface area contributed by atoms with Crippen molar-refractivity contribution < 1.29 is 14.6 Å². The second kappa shape index (κ2) is 10.1. The van der Waals surface area contributed by atoms with Crippen molar-refractivity contribution >= 4 is 39.9 Å². The first-order chi connectivity index (χ1) is 16.5. The Bertz CT molecular complexity index is 1470. The van der Waals surface area contributed by atoms with Crippen LogP contribution in [0.25, 0.3) is 27.5 Å². The number of carbonyl (C=O) groups is 1. The average Bonchev–Trinajstić information content (AvgIpc) is 2.85. The summed E-state index contributed by atoms with van der Waals surface area (Å²) in [6.07, 6.45) is 6.36. The van der Waals surface area contributed by atoms with Gasteiger partial charge in [-0.25, -0.2) is 4.79 Å². The summed E-state index contributed by atoms with van der Waals surface area (Å²) in [7, 11) is 1.58. The minimum atomic E-state index is -0.345. The molecule has 34 heavy (non-hydrogen) atoms. The molecule has 0 unspecified atom stereocenters. The number of fused-ring (bicyclic) bond motifs is 3. The smallest absolute Gasteiger partial charge is 0.336 e. The fourth-order valence-electron chi connectivity index (χ4n) is 4.68. The number of aromatic nitrogens is 3. The standard InChI is InChI=1S/C24H22ClN3O3.CH2O2/c1-31-20-12-6-11-18-21(20)26-14-19-22(18)27(17-10-5-7-15(25)13-17)24(30)28(23(19)29)16-8-3-2-4-9-16;2-1-3/h5-7,10-14,16H,2-4,8-9H2,1H3;1H,(H,2,3). The zero-order valence-electron chi connectivity index (χ0n) is 18.6. The maximum absolute atomic E-state index is 13.8. The van der Waals surface area contributed by atoms with Crippen LogP contribution >= 0.6 is 11.6 Å². The number of halogens is 1. The minimum absolute atomic E-state index is 0.107. The molecule has 2 aromatic carbocycles. The third-order valence-corrected chi connectivity index (χ3v) is 6.36. The molecule has 1 aliphatic rings. The second-order valence-electron chi connectivity index (χ2n) is 8.05. The van der Waals surface area contributed by atoms with E-state index in [1.54, 1.807) is 36.1 Å². The highest BCUT2D eigenvalue weighted by Crippen LogP contribution is 2.31. The molecule has 0 bridgehead atoms. The maximum atomic E-state index is 13.8. The number of pyridine rings is 1. The molecule has 9 heteroatoms. The lowest BCUT2D eigenvalue weighted by Crippen LogP contribution is -2.42. The molecule has 2 aromatic heterocycles. The van der Waals surface area contributed by atoms with Crippen LogP contribution in [-0.2, 0) is 4.79 Å². The van der Waals surface area contributed by atoms with Crippen molar-refractivity contribution in [1.82, 2.24) is 14.1 Å². The van der Waals surface area contributed by atoms with Crippen LogP contribution in [0.3, 0.4) is 0 Å². The predicted molar refractivity (Wildman–Crippen MR) is 131 cm³/mol. The lowest BCUT2D eigenvalue weighted by atomic mass is 9.95. The number of methoxy groups -OCH3 is 1. The van der Waals surface area contributed by atoms with E-state index in [0.717, 1.165) is 32.1 Å². The van der Waals surface area contributed by atoms with Crippen LogP contribution in [0.1, 0.15) is 38.1 Å². The van der Waals surface area contributed by atoms with Crippen molar-refractivity contribution in [3.8, 4) is 11.4 Å². The normalized spacial score (nSPS) is 13.9. The van der Waals surface area contributed by atoms with E-state index in [1.807, 2.05) is 24.3 Å². The monoisotopic (exact) mass is 481 g/mol. The van der Waals surface area contributed by atoms with Gasteiger partial charge in [-0.05, 0) is 37.1 Å². The van der Waals surface area contributed by atoms with E-state index in [-0.39, 0.29) is 23.8 Å².